The fraction of sp³-hybridized carbons (Fsp3) is 1.00. The maximum Gasteiger partial charge on any atom is 0.187 e. The van der Waals surface area contributed by atoms with Crippen LogP contribution in [-0.2, 0) is 18.9 Å². The summed E-state index contributed by atoms with van der Waals surface area (Å²) in [5, 5.41) is 59.0. The molecule has 24 heavy (non-hydrogen) atoms. The van der Waals surface area contributed by atoms with Gasteiger partial charge in [-0.3, -0.25) is 0 Å². The molecule has 2 rings (SSSR count). The summed E-state index contributed by atoms with van der Waals surface area (Å²) in [4.78, 5) is 0. The third-order valence-electron chi connectivity index (χ3n) is 4.49. The maximum atomic E-state index is 10.2. The smallest absolute Gasteiger partial charge is 0.187 e. The van der Waals surface area contributed by atoms with Crippen molar-refractivity contribution in [2.45, 2.75) is 68.1 Å². The van der Waals surface area contributed by atoms with Crippen LogP contribution in [-0.4, -0.2) is 112 Å². The molecule has 6 N–H and O–H groups in total. The van der Waals surface area contributed by atoms with Crippen LogP contribution in [0.2, 0.25) is 0 Å². The molecule has 0 aromatic carbocycles. The van der Waals surface area contributed by atoms with Gasteiger partial charge in [-0.1, -0.05) is 0 Å². The highest BCUT2D eigenvalue weighted by molar-refractivity contribution is 4.95. The van der Waals surface area contributed by atoms with Gasteiger partial charge in [0.15, 0.2) is 6.29 Å². The maximum absolute atomic E-state index is 10.2. The summed E-state index contributed by atoms with van der Waals surface area (Å²) in [6.45, 7) is 0.552. The van der Waals surface area contributed by atoms with Crippen molar-refractivity contribution in [2.24, 2.45) is 0 Å². The number of rotatable bonds is 5. The van der Waals surface area contributed by atoms with Crippen LogP contribution < -0.4 is 0 Å². The van der Waals surface area contributed by atoms with Crippen molar-refractivity contribution in [2.75, 3.05) is 20.3 Å². The van der Waals surface area contributed by atoms with Crippen LogP contribution in [0, 0.1) is 0 Å². The first-order valence-electron chi connectivity index (χ1n) is 7.78. The fourth-order valence-corrected chi connectivity index (χ4v) is 3.05. The minimum atomic E-state index is -1.53. The first-order chi connectivity index (χ1) is 11.3. The van der Waals surface area contributed by atoms with Crippen molar-refractivity contribution in [1.82, 2.24) is 0 Å². The average Bonchev–Trinajstić information content (AvgIpc) is 2.58. The zero-order valence-electron chi connectivity index (χ0n) is 13.5. The number of hydrogen-bond acceptors (Lipinski definition) is 10. The van der Waals surface area contributed by atoms with Crippen LogP contribution in [0.1, 0.15) is 6.92 Å². The molecule has 0 radical (unpaired) electrons. The third kappa shape index (κ3) is 3.73. The van der Waals surface area contributed by atoms with E-state index in [0.717, 1.165) is 0 Å². The van der Waals surface area contributed by atoms with Gasteiger partial charge >= 0.3 is 0 Å². The average molecular weight is 354 g/mol. The zero-order valence-corrected chi connectivity index (χ0v) is 13.5. The van der Waals surface area contributed by atoms with Gasteiger partial charge in [-0.25, -0.2) is 0 Å². The molecule has 10 atom stereocenters. The van der Waals surface area contributed by atoms with E-state index in [1.807, 2.05) is 0 Å². The van der Waals surface area contributed by atoms with E-state index in [-0.39, 0.29) is 0 Å². The van der Waals surface area contributed by atoms with Gasteiger partial charge in [0.2, 0.25) is 0 Å². The zero-order chi connectivity index (χ0) is 18.0. The second-order valence-corrected chi connectivity index (χ2v) is 6.05. The summed E-state index contributed by atoms with van der Waals surface area (Å²) in [5.74, 6) is 0. The number of aliphatic hydroxyl groups excluding tert-OH is 6. The molecular formula is C14H26O10. The summed E-state index contributed by atoms with van der Waals surface area (Å²) in [5.41, 5.74) is 0. The van der Waals surface area contributed by atoms with E-state index in [9.17, 15) is 30.6 Å². The Bertz CT molecular complexity index is 392. The largest absolute Gasteiger partial charge is 0.394 e. The summed E-state index contributed by atoms with van der Waals surface area (Å²) in [7, 11) is 1.30. The molecule has 2 saturated heterocycles. The first kappa shape index (κ1) is 19.9. The molecule has 0 amide bonds. The Hall–Kier alpha value is -0.400. The quantitative estimate of drug-likeness (QED) is 0.290. The van der Waals surface area contributed by atoms with Gasteiger partial charge in [-0.05, 0) is 6.92 Å². The molecule has 4 unspecified atom stereocenters. The molecule has 0 aliphatic carbocycles. The van der Waals surface area contributed by atoms with Crippen LogP contribution in [0.4, 0.5) is 0 Å². The van der Waals surface area contributed by atoms with Crippen molar-refractivity contribution in [1.29, 1.82) is 0 Å². The molecule has 0 aromatic heterocycles. The van der Waals surface area contributed by atoms with Crippen molar-refractivity contribution >= 4 is 0 Å². The molecule has 2 aliphatic heterocycles. The van der Waals surface area contributed by atoms with Crippen LogP contribution in [0.15, 0.2) is 0 Å². The van der Waals surface area contributed by atoms with Crippen molar-refractivity contribution in [3.05, 3.63) is 0 Å². The van der Waals surface area contributed by atoms with E-state index in [0.29, 0.717) is 0 Å². The Labute approximate surface area is 139 Å². The van der Waals surface area contributed by atoms with Gasteiger partial charge in [0.05, 0.1) is 19.3 Å². The molecule has 0 bridgehead atoms. The van der Waals surface area contributed by atoms with Crippen LogP contribution in [0.25, 0.3) is 0 Å². The number of hydrogen-bond donors (Lipinski definition) is 6. The Balaban J connectivity index is 2.12. The monoisotopic (exact) mass is 354 g/mol. The second kappa shape index (κ2) is 8.32. The summed E-state index contributed by atoms with van der Waals surface area (Å²) in [6.07, 6.45) is -11.8. The first-order valence-corrected chi connectivity index (χ1v) is 7.78. The van der Waals surface area contributed by atoms with E-state index >= 15 is 0 Å². The molecule has 2 heterocycles. The molecule has 10 nitrogen and oxygen atoms in total. The minimum absolute atomic E-state index is 0.491. The van der Waals surface area contributed by atoms with Crippen molar-refractivity contribution in [3.8, 4) is 0 Å². The normalized spacial score (nSPS) is 50.0. The molecule has 142 valence electrons. The number of ether oxygens (including phenoxy) is 4. The van der Waals surface area contributed by atoms with E-state index in [4.69, 9.17) is 18.9 Å². The number of methoxy groups -OCH3 is 1. The van der Waals surface area contributed by atoms with Crippen LogP contribution in [0.5, 0.6) is 0 Å². The van der Waals surface area contributed by atoms with E-state index in [1.54, 1.807) is 0 Å². The van der Waals surface area contributed by atoms with Crippen molar-refractivity contribution < 1.29 is 49.6 Å². The van der Waals surface area contributed by atoms with Gasteiger partial charge in [0.1, 0.15) is 48.8 Å². The van der Waals surface area contributed by atoms with E-state index < -0.39 is 74.4 Å². The summed E-state index contributed by atoms with van der Waals surface area (Å²) < 4.78 is 21.2. The minimum Gasteiger partial charge on any atom is -0.394 e. The highest BCUT2D eigenvalue weighted by atomic mass is 16.7. The molecule has 2 aliphatic rings. The van der Waals surface area contributed by atoms with Gasteiger partial charge < -0.3 is 49.6 Å². The van der Waals surface area contributed by atoms with Gasteiger partial charge in [-0.2, -0.15) is 0 Å². The lowest BCUT2D eigenvalue weighted by Gasteiger charge is -2.46. The number of aliphatic hydroxyl groups is 6. The molecule has 0 saturated carbocycles. The van der Waals surface area contributed by atoms with Gasteiger partial charge in [0.25, 0.3) is 0 Å². The topological polar surface area (TPSA) is 158 Å². The SMILES string of the molecule is CO[C@@H]1C(CO)O[C@@H](O[C@@H]2C(CO)O[C@@H](C)C(O)[C@H]2O)C(O)[C@H]1O. The molecule has 0 aromatic rings. The Kier molecular flexibility index (Phi) is 6.90. The van der Waals surface area contributed by atoms with Gasteiger partial charge in [-0.15, -0.1) is 0 Å². The Morgan fingerprint density at radius 1 is 0.792 bits per heavy atom. The third-order valence-corrected chi connectivity index (χ3v) is 4.49. The van der Waals surface area contributed by atoms with Crippen LogP contribution in [0.3, 0.4) is 0 Å². The lowest BCUT2D eigenvalue weighted by Crippen LogP contribution is -2.64. The molecule has 0 spiro atoms. The lowest BCUT2D eigenvalue weighted by molar-refractivity contribution is -0.343. The van der Waals surface area contributed by atoms with Gasteiger partial charge in [0, 0.05) is 7.11 Å². The second-order valence-electron chi connectivity index (χ2n) is 6.05. The van der Waals surface area contributed by atoms with Crippen LogP contribution >= 0.6 is 0 Å². The highest BCUT2D eigenvalue weighted by Gasteiger charge is 2.50. The predicted molar refractivity (Wildman–Crippen MR) is 76.9 cm³/mol. The fourth-order valence-electron chi connectivity index (χ4n) is 3.05. The summed E-state index contributed by atoms with van der Waals surface area (Å²) >= 11 is 0. The van der Waals surface area contributed by atoms with Crippen molar-refractivity contribution in [3.63, 3.8) is 0 Å². The molecule has 10 heteroatoms. The Morgan fingerprint density at radius 2 is 1.33 bits per heavy atom. The lowest BCUT2D eigenvalue weighted by atomic mass is 9.95. The predicted octanol–water partition coefficient (Wildman–Crippen LogP) is -3.67. The standard InChI is InChI=1S/C14H26O10/c1-5-8(17)9(18)13(7(4-16)22-5)24-14-11(20)10(19)12(21-2)6(3-15)23-14/h5-20H,3-4H2,1-2H3/t5-,6?,7?,8?,9+,10+,11?,12+,13+,14-/m0/s1. The van der Waals surface area contributed by atoms with E-state index in [2.05, 4.69) is 0 Å². The summed E-state index contributed by atoms with van der Waals surface area (Å²) in [6, 6.07) is 0. The Morgan fingerprint density at radius 3 is 1.88 bits per heavy atom. The molecule has 2 fully saturated rings. The van der Waals surface area contributed by atoms with E-state index in [1.165, 1.54) is 14.0 Å². The molecular weight excluding hydrogens is 328 g/mol. The highest BCUT2D eigenvalue weighted by Crippen LogP contribution is 2.29.